The lowest BCUT2D eigenvalue weighted by Gasteiger charge is -2.21. The maximum atomic E-state index is 12.4. The largest absolute Gasteiger partial charge is 0.464 e. The summed E-state index contributed by atoms with van der Waals surface area (Å²) in [6.45, 7) is 1.58. The topological polar surface area (TPSA) is 75.6 Å². The Morgan fingerprint density at radius 3 is 2.38 bits per heavy atom. The molecule has 0 heterocycles. The van der Waals surface area contributed by atoms with Crippen LogP contribution in [0, 0.1) is 0 Å². The standard InChI is InChI=1S/C13H14F3NO4/c1-2-21-12(20)10(17-7-18)11(19)8-3-5-9(6-4-8)13(14,15)16/h3-7,10-11,19H,2H2,1H3,(H,17,18). The van der Waals surface area contributed by atoms with Crippen LogP contribution in [0.5, 0.6) is 0 Å². The van der Waals surface area contributed by atoms with Crippen molar-refractivity contribution in [2.45, 2.75) is 25.2 Å². The fourth-order valence-corrected chi connectivity index (χ4v) is 1.66. The third kappa shape index (κ3) is 4.45. The van der Waals surface area contributed by atoms with Gasteiger partial charge in [0, 0.05) is 0 Å². The molecular formula is C13H14F3NO4. The number of hydrogen-bond donors (Lipinski definition) is 2. The minimum absolute atomic E-state index is 0.0373. The van der Waals surface area contributed by atoms with Gasteiger partial charge in [-0.3, -0.25) is 4.79 Å². The van der Waals surface area contributed by atoms with Gasteiger partial charge in [-0.05, 0) is 24.6 Å². The van der Waals surface area contributed by atoms with Gasteiger partial charge in [-0.15, -0.1) is 0 Å². The third-order valence-electron chi connectivity index (χ3n) is 2.68. The Balaban J connectivity index is 2.95. The van der Waals surface area contributed by atoms with E-state index < -0.39 is 29.9 Å². The molecule has 2 N–H and O–H groups in total. The van der Waals surface area contributed by atoms with Crippen molar-refractivity contribution in [1.29, 1.82) is 0 Å². The molecule has 5 nitrogen and oxygen atoms in total. The monoisotopic (exact) mass is 305 g/mol. The lowest BCUT2D eigenvalue weighted by Crippen LogP contribution is -2.42. The second-order valence-electron chi connectivity index (χ2n) is 4.08. The summed E-state index contributed by atoms with van der Waals surface area (Å²) in [7, 11) is 0. The van der Waals surface area contributed by atoms with Crippen LogP contribution in [-0.4, -0.2) is 30.1 Å². The maximum absolute atomic E-state index is 12.4. The average Bonchev–Trinajstić information content (AvgIpc) is 2.43. The summed E-state index contributed by atoms with van der Waals surface area (Å²) >= 11 is 0. The van der Waals surface area contributed by atoms with E-state index in [4.69, 9.17) is 0 Å². The van der Waals surface area contributed by atoms with Crippen molar-refractivity contribution in [3.8, 4) is 0 Å². The van der Waals surface area contributed by atoms with Crippen LogP contribution >= 0.6 is 0 Å². The predicted octanol–water partition coefficient (Wildman–Crippen LogP) is 1.42. The molecular weight excluding hydrogens is 291 g/mol. The number of hydrogen-bond acceptors (Lipinski definition) is 4. The SMILES string of the molecule is CCOC(=O)C(NC=O)C(O)c1ccc(C(F)(F)F)cc1. The highest BCUT2D eigenvalue weighted by atomic mass is 19.4. The number of nitrogens with one attached hydrogen (secondary N) is 1. The minimum Gasteiger partial charge on any atom is -0.464 e. The zero-order chi connectivity index (χ0) is 16.0. The molecule has 116 valence electrons. The summed E-state index contributed by atoms with van der Waals surface area (Å²) in [5.74, 6) is -0.878. The Morgan fingerprint density at radius 2 is 1.95 bits per heavy atom. The fourth-order valence-electron chi connectivity index (χ4n) is 1.66. The number of benzene rings is 1. The molecule has 0 aliphatic rings. The second-order valence-corrected chi connectivity index (χ2v) is 4.08. The summed E-state index contributed by atoms with van der Waals surface area (Å²) in [4.78, 5) is 22.1. The van der Waals surface area contributed by atoms with Crippen molar-refractivity contribution >= 4 is 12.4 Å². The lowest BCUT2D eigenvalue weighted by atomic mass is 10.0. The van der Waals surface area contributed by atoms with E-state index in [0.717, 1.165) is 24.3 Å². The van der Waals surface area contributed by atoms with E-state index in [-0.39, 0.29) is 18.6 Å². The Kier molecular flexibility index (Phi) is 5.71. The summed E-state index contributed by atoms with van der Waals surface area (Å²) in [5, 5.41) is 12.1. The summed E-state index contributed by atoms with van der Waals surface area (Å²) < 4.78 is 42.0. The number of carbonyl (C=O) groups excluding carboxylic acids is 2. The molecule has 0 aliphatic carbocycles. The number of alkyl halides is 3. The molecule has 0 bridgehead atoms. The van der Waals surface area contributed by atoms with Gasteiger partial charge in [0.25, 0.3) is 0 Å². The highest BCUT2D eigenvalue weighted by Crippen LogP contribution is 2.30. The van der Waals surface area contributed by atoms with Crippen LogP contribution in [0.3, 0.4) is 0 Å². The van der Waals surface area contributed by atoms with Gasteiger partial charge < -0.3 is 15.2 Å². The quantitative estimate of drug-likeness (QED) is 0.615. The van der Waals surface area contributed by atoms with Crippen molar-refractivity contribution in [1.82, 2.24) is 5.32 Å². The molecule has 2 unspecified atom stereocenters. The fraction of sp³-hybridized carbons (Fsp3) is 0.385. The molecule has 0 saturated carbocycles. The first-order chi connectivity index (χ1) is 9.81. The number of carbonyl (C=O) groups is 2. The van der Waals surface area contributed by atoms with Gasteiger partial charge >= 0.3 is 12.1 Å². The van der Waals surface area contributed by atoms with E-state index >= 15 is 0 Å². The van der Waals surface area contributed by atoms with Crippen LogP contribution in [0.25, 0.3) is 0 Å². The van der Waals surface area contributed by atoms with Gasteiger partial charge in [-0.1, -0.05) is 12.1 Å². The molecule has 0 aliphatic heterocycles. The van der Waals surface area contributed by atoms with Gasteiger partial charge in [-0.25, -0.2) is 4.79 Å². The van der Waals surface area contributed by atoms with Crippen LogP contribution in [-0.2, 0) is 20.5 Å². The zero-order valence-electron chi connectivity index (χ0n) is 11.1. The third-order valence-corrected chi connectivity index (χ3v) is 2.68. The molecule has 1 rings (SSSR count). The van der Waals surface area contributed by atoms with E-state index in [1.807, 2.05) is 0 Å². The number of amides is 1. The number of esters is 1. The number of aliphatic hydroxyl groups is 1. The van der Waals surface area contributed by atoms with Gasteiger partial charge in [-0.2, -0.15) is 13.2 Å². The number of halogens is 3. The second kappa shape index (κ2) is 7.07. The van der Waals surface area contributed by atoms with E-state index in [1.54, 1.807) is 6.92 Å². The molecule has 1 aromatic carbocycles. The first-order valence-electron chi connectivity index (χ1n) is 6.02. The molecule has 0 saturated heterocycles. The molecule has 0 radical (unpaired) electrons. The van der Waals surface area contributed by atoms with E-state index in [9.17, 15) is 27.9 Å². The molecule has 1 aromatic rings. The van der Waals surface area contributed by atoms with Gasteiger partial charge in [0.1, 0.15) is 6.10 Å². The lowest BCUT2D eigenvalue weighted by molar-refractivity contribution is -0.150. The van der Waals surface area contributed by atoms with Crippen molar-refractivity contribution in [2.24, 2.45) is 0 Å². The van der Waals surface area contributed by atoms with Gasteiger partial charge in [0.2, 0.25) is 6.41 Å². The van der Waals surface area contributed by atoms with E-state index in [0.29, 0.717) is 0 Å². The molecule has 0 spiro atoms. The highest BCUT2D eigenvalue weighted by Gasteiger charge is 2.32. The highest BCUT2D eigenvalue weighted by molar-refractivity contribution is 5.79. The van der Waals surface area contributed by atoms with Crippen molar-refractivity contribution < 1.29 is 32.6 Å². The normalized spacial score (nSPS) is 14.1. The van der Waals surface area contributed by atoms with E-state index in [1.165, 1.54) is 0 Å². The zero-order valence-corrected chi connectivity index (χ0v) is 11.1. The molecule has 0 aromatic heterocycles. The Morgan fingerprint density at radius 1 is 1.38 bits per heavy atom. The van der Waals surface area contributed by atoms with Crippen molar-refractivity contribution in [3.05, 3.63) is 35.4 Å². The van der Waals surface area contributed by atoms with Crippen LogP contribution in [0.15, 0.2) is 24.3 Å². The Labute approximate surface area is 118 Å². The van der Waals surface area contributed by atoms with Crippen LogP contribution in [0.2, 0.25) is 0 Å². The number of rotatable bonds is 6. The smallest absolute Gasteiger partial charge is 0.416 e. The summed E-state index contributed by atoms with van der Waals surface area (Å²) in [6.07, 6.45) is -5.81. The van der Waals surface area contributed by atoms with Crippen LogP contribution in [0.4, 0.5) is 13.2 Å². The van der Waals surface area contributed by atoms with Crippen molar-refractivity contribution in [3.63, 3.8) is 0 Å². The van der Waals surface area contributed by atoms with Gasteiger partial charge in [0.05, 0.1) is 12.2 Å². The van der Waals surface area contributed by atoms with E-state index in [2.05, 4.69) is 10.1 Å². The maximum Gasteiger partial charge on any atom is 0.416 e. The molecule has 21 heavy (non-hydrogen) atoms. The predicted molar refractivity (Wildman–Crippen MR) is 66.0 cm³/mol. The summed E-state index contributed by atoms with van der Waals surface area (Å²) in [5.41, 5.74) is -0.829. The number of ether oxygens (including phenoxy) is 1. The van der Waals surface area contributed by atoms with Gasteiger partial charge in [0.15, 0.2) is 6.04 Å². The summed E-state index contributed by atoms with van der Waals surface area (Å²) in [6, 6.07) is 2.24. The number of aliphatic hydroxyl groups excluding tert-OH is 1. The van der Waals surface area contributed by atoms with Crippen molar-refractivity contribution in [2.75, 3.05) is 6.61 Å². The Hall–Kier alpha value is -2.09. The minimum atomic E-state index is -4.49. The first-order valence-corrected chi connectivity index (χ1v) is 6.02. The Bertz CT molecular complexity index is 487. The molecule has 8 heteroatoms. The molecule has 1 amide bonds. The molecule has 2 atom stereocenters. The molecule has 0 fully saturated rings. The van der Waals surface area contributed by atoms with Crippen LogP contribution < -0.4 is 5.32 Å². The van der Waals surface area contributed by atoms with Crippen LogP contribution in [0.1, 0.15) is 24.2 Å². The first kappa shape index (κ1) is 17.0. The average molecular weight is 305 g/mol.